The van der Waals surface area contributed by atoms with Gasteiger partial charge in [-0.1, -0.05) is 130 Å². The molecular formula is C31H60N2. The Bertz CT molecular complexity index is 421. The van der Waals surface area contributed by atoms with Gasteiger partial charge in [0.15, 0.2) is 0 Å². The van der Waals surface area contributed by atoms with Gasteiger partial charge in [-0.2, -0.15) is 0 Å². The number of rotatable bonds is 22. The third kappa shape index (κ3) is 24.0. The van der Waals surface area contributed by atoms with Gasteiger partial charge in [-0.3, -0.25) is 4.98 Å². The Morgan fingerprint density at radius 2 is 0.909 bits per heavy atom. The van der Waals surface area contributed by atoms with Crippen molar-refractivity contribution in [1.82, 2.24) is 9.88 Å². The normalized spacial score (nSPS) is 10.9. The van der Waals surface area contributed by atoms with E-state index in [4.69, 9.17) is 0 Å². The predicted molar refractivity (Wildman–Crippen MR) is 150 cm³/mol. The average Bonchev–Trinajstić information content (AvgIpc) is 2.85. The first kappa shape index (κ1) is 32.1. The summed E-state index contributed by atoms with van der Waals surface area (Å²) >= 11 is 0. The molecule has 0 unspecified atom stereocenters. The second-order valence-electron chi connectivity index (χ2n) is 9.82. The van der Waals surface area contributed by atoms with Crippen LogP contribution in [-0.4, -0.2) is 29.5 Å². The van der Waals surface area contributed by atoms with Crippen LogP contribution in [0.4, 0.5) is 0 Å². The van der Waals surface area contributed by atoms with Crippen molar-refractivity contribution in [2.24, 2.45) is 0 Å². The Labute approximate surface area is 209 Å². The molecule has 0 saturated heterocycles. The van der Waals surface area contributed by atoms with Crippen LogP contribution in [0.2, 0.25) is 0 Å². The van der Waals surface area contributed by atoms with Gasteiger partial charge in [0.25, 0.3) is 0 Å². The summed E-state index contributed by atoms with van der Waals surface area (Å²) in [7, 11) is 0. The topological polar surface area (TPSA) is 16.1 Å². The van der Waals surface area contributed by atoms with Gasteiger partial charge in [0.2, 0.25) is 0 Å². The molecule has 0 saturated carbocycles. The third-order valence-corrected chi connectivity index (χ3v) is 6.57. The van der Waals surface area contributed by atoms with Crippen LogP contribution in [0.15, 0.2) is 24.4 Å². The molecule has 1 aromatic heterocycles. The molecule has 0 fully saturated rings. The summed E-state index contributed by atoms with van der Waals surface area (Å²) in [5.41, 5.74) is 1.16. The van der Waals surface area contributed by atoms with Crippen LogP contribution in [0.3, 0.4) is 0 Å². The highest BCUT2D eigenvalue weighted by Crippen LogP contribution is 2.11. The summed E-state index contributed by atoms with van der Waals surface area (Å²) in [4.78, 5) is 6.89. The van der Waals surface area contributed by atoms with Gasteiger partial charge in [-0.15, -0.1) is 0 Å². The van der Waals surface area contributed by atoms with Crippen molar-refractivity contribution in [3.8, 4) is 0 Å². The highest BCUT2D eigenvalue weighted by atomic mass is 15.1. The van der Waals surface area contributed by atoms with Gasteiger partial charge in [0.05, 0.1) is 0 Å². The number of hydrogen-bond donors (Lipinski definition) is 0. The lowest BCUT2D eigenvalue weighted by Gasteiger charge is -2.22. The van der Waals surface area contributed by atoms with Crippen LogP contribution in [0.1, 0.15) is 149 Å². The van der Waals surface area contributed by atoms with E-state index in [1.54, 1.807) is 0 Å². The molecule has 2 nitrogen and oxygen atoms in total. The van der Waals surface area contributed by atoms with E-state index in [0.29, 0.717) is 0 Å². The van der Waals surface area contributed by atoms with E-state index in [1.165, 1.54) is 135 Å². The fourth-order valence-electron chi connectivity index (χ4n) is 4.29. The van der Waals surface area contributed by atoms with Crippen LogP contribution < -0.4 is 0 Å². The average molecular weight is 461 g/mol. The first-order chi connectivity index (χ1) is 16.3. The van der Waals surface area contributed by atoms with Crippen molar-refractivity contribution in [2.45, 2.75) is 150 Å². The Morgan fingerprint density at radius 1 is 0.515 bits per heavy atom. The minimum atomic E-state index is 1.03. The lowest BCUT2D eigenvalue weighted by atomic mass is 10.1. The van der Waals surface area contributed by atoms with Crippen molar-refractivity contribution >= 4 is 0 Å². The van der Waals surface area contributed by atoms with Gasteiger partial charge in [0, 0.05) is 11.9 Å². The third-order valence-electron chi connectivity index (χ3n) is 6.57. The zero-order valence-electron chi connectivity index (χ0n) is 23.3. The van der Waals surface area contributed by atoms with Crippen molar-refractivity contribution < 1.29 is 0 Å². The molecule has 0 N–H and O–H groups in total. The number of nitrogens with zero attached hydrogens (tertiary/aromatic N) is 2. The van der Waals surface area contributed by atoms with E-state index in [9.17, 15) is 0 Å². The van der Waals surface area contributed by atoms with Gasteiger partial charge in [0.1, 0.15) is 0 Å². The van der Waals surface area contributed by atoms with Gasteiger partial charge < -0.3 is 4.90 Å². The summed E-state index contributed by atoms with van der Waals surface area (Å²) in [6.45, 7) is 13.1. The minimum absolute atomic E-state index is 1.03. The number of aryl methyl sites for hydroxylation is 1. The highest BCUT2D eigenvalue weighted by molar-refractivity contribution is 5.02. The fraction of sp³-hybridized carbons (Fsp3) is 0.839. The first-order valence-corrected chi connectivity index (χ1v) is 14.9. The molecule has 194 valence electrons. The second-order valence-corrected chi connectivity index (χ2v) is 9.82. The summed E-state index contributed by atoms with van der Waals surface area (Å²) in [5.74, 6) is 0. The highest BCUT2D eigenvalue weighted by Gasteiger charge is 2.05. The van der Waals surface area contributed by atoms with E-state index >= 15 is 0 Å². The van der Waals surface area contributed by atoms with E-state index in [2.05, 4.69) is 37.6 Å². The molecule has 33 heavy (non-hydrogen) atoms. The maximum Gasteiger partial charge on any atom is 0.0400 e. The molecule has 0 aromatic carbocycles. The maximum absolute atomic E-state index is 4.10. The molecule has 0 aliphatic carbocycles. The van der Waals surface area contributed by atoms with Crippen molar-refractivity contribution in [3.05, 3.63) is 30.1 Å². The Hall–Kier alpha value is -0.890. The molecule has 1 heterocycles. The van der Waals surface area contributed by atoms with Gasteiger partial charge in [-0.05, 0) is 57.5 Å². The van der Waals surface area contributed by atoms with Gasteiger partial charge in [-0.25, -0.2) is 0 Å². The minimum Gasteiger partial charge on any atom is -0.303 e. The molecule has 2 heteroatoms. The van der Waals surface area contributed by atoms with Crippen molar-refractivity contribution in [1.29, 1.82) is 0 Å². The molecule has 0 amide bonds. The number of hydrogen-bond acceptors (Lipinski definition) is 2. The lowest BCUT2D eigenvalue weighted by molar-refractivity contribution is 0.254. The number of unbranched alkanes of at least 4 members (excludes halogenated alkanes) is 15. The summed E-state index contributed by atoms with van der Waals surface area (Å²) in [6, 6.07) is 5.96. The van der Waals surface area contributed by atoms with Crippen molar-refractivity contribution in [3.63, 3.8) is 0 Å². The second kappa shape index (κ2) is 27.4. The molecule has 0 bridgehead atoms. The first-order valence-electron chi connectivity index (χ1n) is 14.9. The molecule has 0 spiro atoms. The maximum atomic E-state index is 4.10. The smallest absolute Gasteiger partial charge is 0.0400 e. The van der Waals surface area contributed by atoms with Crippen LogP contribution in [0.25, 0.3) is 0 Å². The molecule has 0 radical (unpaired) electrons. The molecule has 0 atom stereocenters. The van der Waals surface area contributed by atoms with Crippen LogP contribution in [-0.2, 0) is 6.42 Å². The molecular weight excluding hydrogens is 400 g/mol. The SMILES string of the molecule is CCCCCCCCN(CCCCCCCC)CCCCCCCC.CCc1ccccn1. The fourth-order valence-corrected chi connectivity index (χ4v) is 4.29. The zero-order chi connectivity index (χ0) is 24.2. The molecule has 1 aromatic rings. The Kier molecular flexibility index (Phi) is 26.6. The quantitative estimate of drug-likeness (QED) is 0.160. The Morgan fingerprint density at radius 3 is 1.21 bits per heavy atom. The van der Waals surface area contributed by atoms with E-state index in [-0.39, 0.29) is 0 Å². The largest absolute Gasteiger partial charge is 0.303 e. The summed E-state index contributed by atoms with van der Waals surface area (Å²) < 4.78 is 0. The van der Waals surface area contributed by atoms with Gasteiger partial charge >= 0.3 is 0 Å². The molecule has 1 rings (SSSR count). The monoisotopic (exact) mass is 460 g/mol. The standard InChI is InChI=1S/C24H51N.C7H9N/c1-4-7-10-13-16-19-22-25(23-20-17-14-11-8-5-2)24-21-18-15-12-9-6-3;1-2-7-5-3-4-6-8-7/h4-24H2,1-3H3;3-6H,2H2,1H3. The van der Waals surface area contributed by atoms with E-state index in [1.807, 2.05) is 24.4 Å². The summed E-state index contributed by atoms with van der Waals surface area (Å²) in [5, 5.41) is 0. The van der Waals surface area contributed by atoms with Crippen LogP contribution >= 0.6 is 0 Å². The van der Waals surface area contributed by atoms with Crippen molar-refractivity contribution in [2.75, 3.05) is 19.6 Å². The van der Waals surface area contributed by atoms with E-state index in [0.717, 1.165) is 12.1 Å². The lowest BCUT2D eigenvalue weighted by Crippen LogP contribution is -2.27. The number of pyridine rings is 1. The van der Waals surface area contributed by atoms with E-state index < -0.39 is 0 Å². The van der Waals surface area contributed by atoms with Crippen LogP contribution in [0.5, 0.6) is 0 Å². The molecule has 0 aliphatic heterocycles. The molecule has 0 aliphatic rings. The van der Waals surface area contributed by atoms with Crippen LogP contribution in [0, 0.1) is 0 Å². The number of aromatic nitrogens is 1. The predicted octanol–water partition coefficient (Wildman–Crippen LogP) is 10.0. The Balaban J connectivity index is 0.00000106. The summed E-state index contributed by atoms with van der Waals surface area (Å²) in [6.07, 6.45) is 28.6. The zero-order valence-corrected chi connectivity index (χ0v) is 23.3.